The van der Waals surface area contributed by atoms with Crippen LogP contribution in [0.5, 0.6) is 0 Å². The van der Waals surface area contributed by atoms with Crippen LogP contribution in [0.3, 0.4) is 0 Å². The molecule has 2 atom stereocenters. The summed E-state index contributed by atoms with van der Waals surface area (Å²) in [5.41, 5.74) is 0.842. The van der Waals surface area contributed by atoms with Crippen LogP contribution in [-0.4, -0.2) is 69.1 Å². The van der Waals surface area contributed by atoms with Gasteiger partial charge in [-0.2, -0.15) is 13.2 Å². The molecule has 4 heterocycles. The molecule has 32 heavy (non-hydrogen) atoms. The molecule has 0 aliphatic carbocycles. The molecule has 0 aromatic carbocycles. The summed E-state index contributed by atoms with van der Waals surface area (Å²) in [6.07, 6.45) is 3.18. The van der Waals surface area contributed by atoms with E-state index in [0.717, 1.165) is 37.6 Å². The molecule has 1 amide bonds. The SMILES string of the molecule is C=CCN1CCC2(CN(Cc3cccnc3)CC2c2nccs2)C1=O.O=C(O)C(F)(F)F. The maximum Gasteiger partial charge on any atom is 0.490 e. The number of carbonyl (C=O) groups excluding carboxylic acids is 1. The predicted octanol–water partition coefficient (Wildman–Crippen LogP) is 3.18. The Bertz CT molecular complexity index is 940. The number of carboxylic acid groups (broad SMARTS) is 1. The number of carbonyl (C=O) groups is 2. The second-order valence-corrected chi connectivity index (χ2v) is 8.63. The Morgan fingerprint density at radius 2 is 2.16 bits per heavy atom. The van der Waals surface area contributed by atoms with Gasteiger partial charge in [-0.1, -0.05) is 12.1 Å². The van der Waals surface area contributed by atoms with E-state index in [-0.39, 0.29) is 17.2 Å². The van der Waals surface area contributed by atoms with E-state index < -0.39 is 12.1 Å². The summed E-state index contributed by atoms with van der Waals surface area (Å²) in [5.74, 6) is -2.32. The summed E-state index contributed by atoms with van der Waals surface area (Å²) in [6, 6.07) is 4.06. The molecule has 2 aromatic heterocycles. The van der Waals surface area contributed by atoms with Crippen molar-refractivity contribution in [1.82, 2.24) is 19.8 Å². The lowest BCUT2D eigenvalue weighted by atomic mass is 9.77. The number of pyridine rings is 1. The van der Waals surface area contributed by atoms with Crippen molar-refractivity contribution in [1.29, 1.82) is 0 Å². The van der Waals surface area contributed by atoms with E-state index in [0.29, 0.717) is 6.54 Å². The van der Waals surface area contributed by atoms with E-state index >= 15 is 0 Å². The zero-order valence-corrected chi connectivity index (χ0v) is 18.0. The van der Waals surface area contributed by atoms with Crippen LogP contribution in [0.25, 0.3) is 0 Å². The van der Waals surface area contributed by atoms with Crippen molar-refractivity contribution in [2.24, 2.45) is 5.41 Å². The van der Waals surface area contributed by atoms with Gasteiger partial charge in [-0.05, 0) is 18.1 Å². The van der Waals surface area contributed by atoms with Crippen LogP contribution in [0.1, 0.15) is 22.9 Å². The largest absolute Gasteiger partial charge is 0.490 e. The highest BCUT2D eigenvalue weighted by atomic mass is 32.1. The normalized spacial score (nSPS) is 23.3. The van der Waals surface area contributed by atoms with Gasteiger partial charge in [0.05, 0.1) is 10.4 Å². The Morgan fingerprint density at radius 3 is 2.72 bits per heavy atom. The van der Waals surface area contributed by atoms with Crippen molar-refractivity contribution in [3.05, 3.63) is 59.3 Å². The first-order valence-electron chi connectivity index (χ1n) is 9.88. The molecule has 2 aliphatic rings. The van der Waals surface area contributed by atoms with Gasteiger partial charge in [0.25, 0.3) is 0 Å². The third-order valence-corrected chi connectivity index (χ3v) is 6.51. The smallest absolute Gasteiger partial charge is 0.475 e. The van der Waals surface area contributed by atoms with E-state index in [9.17, 15) is 18.0 Å². The molecule has 4 rings (SSSR count). The van der Waals surface area contributed by atoms with Gasteiger partial charge in [0.1, 0.15) is 0 Å². The number of carboxylic acids is 1. The topological polar surface area (TPSA) is 86.6 Å². The number of aliphatic carboxylic acids is 1. The van der Waals surface area contributed by atoms with Crippen LogP contribution in [-0.2, 0) is 16.1 Å². The van der Waals surface area contributed by atoms with E-state index in [1.807, 2.05) is 34.8 Å². The van der Waals surface area contributed by atoms with Crippen molar-refractivity contribution in [3.63, 3.8) is 0 Å². The van der Waals surface area contributed by atoms with Gasteiger partial charge in [0, 0.05) is 62.6 Å². The molecule has 1 spiro atoms. The maximum absolute atomic E-state index is 13.2. The van der Waals surface area contributed by atoms with Crippen molar-refractivity contribution >= 4 is 23.2 Å². The highest BCUT2D eigenvalue weighted by Crippen LogP contribution is 2.50. The predicted molar refractivity (Wildman–Crippen MR) is 112 cm³/mol. The summed E-state index contributed by atoms with van der Waals surface area (Å²) in [4.78, 5) is 35.2. The van der Waals surface area contributed by atoms with Gasteiger partial charge in [-0.3, -0.25) is 14.7 Å². The Morgan fingerprint density at radius 1 is 1.41 bits per heavy atom. The Labute approximate surface area is 187 Å². The fraction of sp³-hybridized carbons (Fsp3) is 0.429. The quantitative estimate of drug-likeness (QED) is 0.679. The number of rotatable bonds is 5. The molecule has 172 valence electrons. The summed E-state index contributed by atoms with van der Waals surface area (Å²) >= 11 is 1.66. The van der Waals surface area contributed by atoms with Crippen LogP contribution in [0.4, 0.5) is 13.2 Å². The van der Waals surface area contributed by atoms with E-state index in [4.69, 9.17) is 9.90 Å². The molecule has 1 N–H and O–H groups in total. The lowest BCUT2D eigenvalue weighted by Crippen LogP contribution is -2.39. The second-order valence-electron chi connectivity index (χ2n) is 7.70. The molecule has 0 saturated carbocycles. The molecule has 2 aromatic rings. The van der Waals surface area contributed by atoms with Crippen LogP contribution in [0, 0.1) is 5.41 Å². The van der Waals surface area contributed by atoms with Gasteiger partial charge in [-0.15, -0.1) is 17.9 Å². The minimum absolute atomic E-state index is 0.173. The zero-order valence-electron chi connectivity index (χ0n) is 17.2. The number of halogens is 3. The highest BCUT2D eigenvalue weighted by molar-refractivity contribution is 7.09. The lowest BCUT2D eigenvalue weighted by Gasteiger charge is -2.27. The van der Waals surface area contributed by atoms with Crippen molar-refractivity contribution in [2.75, 3.05) is 26.2 Å². The molecule has 7 nitrogen and oxygen atoms in total. The molecule has 2 saturated heterocycles. The molecule has 11 heteroatoms. The molecule has 0 radical (unpaired) electrons. The van der Waals surface area contributed by atoms with E-state index in [1.54, 1.807) is 17.5 Å². The Hall–Kier alpha value is -2.79. The number of hydrogen-bond acceptors (Lipinski definition) is 6. The molecular formula is C21H23F3N4O3S. The van der Waals surface area contributed by atoms with Crippen molar-refractivity contribution in [3.8, 4) is 0 Å². The van der Waals surface area contributed by atoms with Gasteiger partial charge < -0.3 is 10.0 Å². The Kier molecular flexibility index (Phi) is 7.29. The first-order chi connectivity index (χ1) is 15.2. The van der Waals surface area contributed by atoms with E-state index in [1.165, 1.54) is 5.56 Å². The number of alkyl halides is 3. The van der Waals surface area contributed by atoms with Crippen molar-refractivity contribution < 1.29 is 27.9 Å². The molecule has 2 aliphatic heterocycles. The standard InChI is InChI=1S/C19H22N4OS.C2HF3O2/c1-2-8-23-9-5-19(18(23)24)14-22(12-15-4-3-6-20-11-15)13-16(19)17-21-7-10-25-17;3-2(4,5)1(6)7/h2-4,6-7,10-11,16H,1,5,8-9,12-14H2;(H,6,7). The average molecular weight is 469 g/mol. The summed E-state index contributed by atoms with van der Waals surface area (Å²) < 4.78 is 31.7. The second kappa shape index (κ2) is 9.78. The first-order valence-corrected chi connectivity index (χ1v) is 10.8. The average Bonchev–Trinajstić information content (AvgIpc) is 3.46. The number of nitrogens with zero attached hydrogens (tertiary/aromatic N) is 4. The minimum Gasteiger partial charge on any atom is -0.475 e. The summed E-state index contributed by atoms with van der Waals surface area (Å²) in [6.45, 7) is 7.72. The van der Waals surface area contributed by atoms with Crippen LogP contribution < -0.4 is 0 Å². The number of hydrogen-bond donors (Lipinski definition) is 1. The lowest BCUT2D eigenvalue weighted by molar-refractivity contribution is -0.192. The number of amides is 1. The number of thiazole rings is 1. The molecular weight excluding hydrogens is 445 g/mol. The van der Waals surface area contributed by atoms with Crippen LogP contribution in [0.15, 0.2) is 48.8 Å². The highest BCUT2D eigenvalue weighted by Gasteiger charge is 2.57. The van der Waals surface area contributed by atoms with Gasteiger partial charge in [-0.25, -0.2) is 9.78 Å². The first kappa shape index (κ1) is 23.9. The van der Waals surface area contributed by atoms with Crippen molar-refractivity contribution in [2.45, 2.75) is 25.1 Å². The molecule has 2 fully saturated rings. The Balaban J connectivity index is 0.000000360. The maximum atomic E-state index is 13.2. The summed E-state index contributed by atoms with van der Waals surface area (Å²) in [7, 11) is 0. The van der Waals surface area contributed by atoms with Crippen LogP contribution in [0.2, 0.25) is 0 Å². The van der Waals surface area contributed by atoms with Gasteiger partial charge in [0.2, 0.25) is 5.91 Å². The zero-order chi connectivity index (χ0) is 23.4. The van der Waals surface area contributed by atoms with Crippen LogP contribution >= 0.6 is 11.3 Å². The third-order valence-electron chi connectivity index (χ3n) is 5.63. The van der Waals surface area contributed by atoms with E-state index in [2.05, 4.69) is 27.5 Å². The fourth-order valence-corrected chi connectivity index (χ4v) is 5.10. The third kappa shape index (κ3) is 5.16. The minimum atomic E-state index is -5.08. The number of aromatic nitrogens is 2. The summed E-state index contributed by atoms with van der Waals surface area (Å²) in [5, 5.41) is 10.2. The molecule has 0 bridgehead atoms. The van der Waals surface area contributed by atoms with Gasteiger partial charge >= 0.3 is 12.1 Å². The van der Waals surface area contributed by atoms with Gasteiger partial charge in [0.15, 0.2) is 0 Å². The monoisotopic (exact) mass is 468 g/mol. The number of likely N-dealkylation sites (tertiary alicyclic amines) is 2. The molecule has 2 unspecified atom stereocenters. The fourth-order valence-electron chi connectivity index (χ4n) is 4.26.